The maximum absolute atomic E-state index is 11.3. The lowest BCUT2D eigenvalue weighted by Crippen LogP contribution is -2.11. The number of hydrogen-bond donors (Lipinski definition) is 4. The van der Waals surface area contributed by atoms with Gasteiger partial charge in [-0.3, -0.25) is 9.13 Å². The van der Waals surface area contributed by atoms with Crippen molar-refractivity contribution < 1.29 is 33.4 Å². The lowest BCUT2D eigenvalue weighted by Gasteiger charge is -2.15. The zero-order valence-corrected chi connectivity index (χ0v) is 11.5. The van der Waals surface area contributed by atoms with Gasteiger partial charge in [0.25, 0.3) is 0 Å². The highest BCUT2D eigenvalue weighted by atomic mass is 31.2. The van der Waals surface area contributed by atoms with E-state index >= 15 is 0 Å². The van der Waals surface area contributed by atoms with Gasteiger partial charge >= 0.3 is 15.2 Å². The summed E-state index contributed by atoms with van der Waals surface area (Å²) in [6.45, 7) is 2.95. The van der Waals surface area contributed by atoms with Crippen LogP contribution in [0, 0.1) is 0 Å². The minimum Gasteiger partial charge on any atom is -0.389 e. The molecule has 0 saturated heterocycles. The van der Waals surface area contributed by atoms with E-state index in [1.165, 1.54) is 6.92 Å². The summed E-state index contributed by atoms with van der Waals surface area (Å²) < 4.78 is 26.4. The Balaban J connectivity index is 4.49. The summed E-state index contributed by atoms with van der Waals surface area (Å²) in [7, 11) is -8.95. The zero-order valence-electron chi connectivity index (χ0n) is 9.68. The highest BCUT2D eigenvalue weighted by Crippen LogP contribution is 2.55. The Morgan fingerprint density at radius 3 is 2.24 bits per heavy atom. The molecule has 0 bridgehead atoms. The maximum atomic E-state index is 11.3. The van der Waals surface area contributed by atoms with Gasteiger partial charge in [-0.15, -0.1) is 0 Å². The van der Waals surface area contributed by atoms with Gasteiger partial charge in [0.05, 0.1) is 12.7 Å². The molecular formula is C8H18O7P2. The van der Waals surface area contributed by atoms with Gasteiger partial charge in [-0.1, -0.05) is 13.0 Å². The first-order valence-electron chi connectivity index (χ1n) is 4.95. The molecule has 0 aromatic rings. The third kappa shape index (κ3) is 8.69. The normalized spacial score (nSPS) is 18.8. The summed E-state index contributed by atoms with van der Waals surface area (Å²) in [4.78, 5) is 26.3. The second-order valence-electron chi connectivity index (χ2n) is 3.58. The molecule has 0 aliphatic carbocycles. The van der Waals surface area contributed by atoms with E-state index in [1.54, 1.807) is 6.08 Å². The molecule has 0 aliphatic heterocycles. The van der Waals surface area contributed by atoms with Gasteiger partial charge in [0.2, 0.25) is 0 Å². The molecule has 2 atom stereocenters. The fourth-order valence-electron chi connectivity index (χ4n) is 1.06. The van der Waals surface area contributed by atoms with Crippen molar-refractivity contribution in [2.24, 2.45) is 0 Å². The predicted octanol–water partition coefficient (Wildman–Crippen LogP) is 1.04. The van der Waals surface area contributed by atoms with Crippen LogP contribution < -0.4 is 0 Å². The van der Waals surface area contributed by atoms with Crippen LogP contribution in [0.1, 0.15) is 20.3 Å². The largest absolute Gasteiger partial charge is 0.389 e. The Hall–Kier alpha value is -0.0000000000000000694. The van der Waals surface area contributed by atoms with Crippen molar-refractivity contribution >= 4 is 15.2 Å². The summed E-state index contributed by atoms with van der Waals surface area (Å²) in [6.07, 6.45) is 1.39. The van der Waals surface area contributed by atoms with E-state index in [9.17, 15) is 19.1 Å². The average molecular weight is 288 g/mol. The lowest BCUT2D eigenvalue weighted by atomic mass is 10.1. The summed E-state index contributed by atoms with van der Waals surface area (Å²) in [5, 5.41) is 9.30. The number of aliphatic hydroxyl groups is 1. The Bertz CT molecular complexity index is 357. The third-order valence-electron chi connectivity index (χ3n) is 1.80. The molecule has 0 heterocycles. The van der Waals surface area contributed by atoms with Crippen molar-refractivity contribution in [2.45, 2.75) is 26.4 Å². The maximum Gasteiger partial charge on any atom is 0.340 e. The van der Waals surface area contributed by atoms with E-state index in [1.807, 2.05) is 6.92 Å². The first kappa shape index (κ1) is 17.0. The minimum absolute atomic E-state index is 0.334. The molecule has 7 nitrogen and oxygen atoms in total. The number of hydrogen-bond acceptors (Lipinski definition) is 4. The van der Waals surface area contributed by atoms with E-state index in [-0.39, 0.29) is 6.61 Å². The van der Waals surface area contributed by atoms with Crippen LogP contribution in [-0.4, -0.2) is 38.4 Å². The highest BCUT2D eigenvalue weighted by Gasteiger charge is 2.31. The van der Waals surface area contributed by atoms with Crippen molar-refractivity contribution in [3.63, 3.8) is 0 Å². The molecular weight excluding hydrogens is 270 g/mol. The molecule has 0 aromatic heterocycles. The lowest BCUT2D eigenvalue weighted by molar-refractivity contribution is 0.202. The van der Waals surface area contributed by atoms with Gasteiger partial charge in [0.15, 0.2) is 5.90 Å². The Kier molecular flexibility index (Phi) is 6.81. The molecule has 0 spiro atoms. The molecule has 0 rings (SSSR count). The molecule has 1 unspecified atom stereocenters. The van der Waals surface area contributed by atoms with Gasteiger partial charge in [0.1, 0.15) is 0 Å². The fourth-order valence-corrected chi connectivity index (χ4v) is 3.60. The van der Waals surface area contributed by atoms with E-state index < -0.39 is 27.2 Å². The van der Waals surface area contributed by atoms with Crippen LogP contribution in [-0.2, 0) is 13.7 Å². The summed E-state index contributed by atoms with van der Waals surface area (Å²) >= 11 is 0. The molecule has 9 heteroatoms. The van der Waals surface area contributed by atoms with Gasteiger partial charge in [-0.2, -0.15) is 0 Å². The molecule has 0 saturated carbocycles. The monoisotopic (exact) mass is 288 g/mol. The first-order valence-corrected chi connectivity index (χ1v) is 8.51. The van der Waals surface area contributed by atoms with Crippen LogP contribution in [0.5, 0.6) is 0 Å². The zero-order chi connectivity index (χ0) is 13.7. The second-order valence-corrected chi connectivity index (χ2v) is 7.57. The van der Waals surface area contributed by atoms with Crippen molar-refractivity contribution in [3.05, 3.63) is 11.6 Å². The molecule has 17 heavy (non-hydrogen) atoms. The first-order chi connectivity index (χ1) is 7.57. The highest BCUT2D eigenvalue weighted by molar-refractivity contribution is 7.70. The van der Waals surface area contributed by atoms with Crippen molar-refractivity contribution in [3.8, 4) is 0 Å². The Morgan fingerprint density at radius 2 is 1.88 bits per heavy atom. The third-order valence-corrected chi connectivity index (χ3v) is 5.23. The molecule has 102 valence electrons. The van der Waals surface area contributed by atoms with E-state index in [0.29, 0.717) is 12.0 Å². The standard InChI is InChI=1S/C8H18O7P2/c1-3-4-8(7(2)9)5-15-17(13,14)6-16(10,11)12/h4,7,9H,3,5-6H2,1-2H3,(H,13,14)(H2,10,11,12)/b8-4-/t7-/m0/s1. The predicted molar refractivity (Wildman–Crippen MR) is 62.7 cm³/mol. The van der Waals surface area contributed by atoms with Gasteiger partial charge in [-0.25, -0.2) is 0 Å². The topological polar surface area (TPSA) is 124 Å². The SMILES string of the molecule is CC/C=C(/COP(=O)(O)CP(=O)(O)O)[C@H](C)O. The molecule has 4 N–H and O–H groups in total. The number of allylic oxidation sites excluding steroid dienone is 1. The van der Waals surface area contributed by atoms with Gasteiger partial charge in [0, 0.05) is 0 Å². The average Bonchev–Trinajstić information content (AvgIpc) is 2.07. The van der Waals surface area contributed by atoms with Crippen LogP contribution in [0.2, 0.25) is 0 Å². The Morgan fingerprint density at radius 1 is 1.35 bits per heavy atom. The van der Waals surface area contributed by atoms with Crippen molar-refractivity contribution in [1.29, 1.82) is 0 Å². The molecule has 0 radical (unpaired) electrons. The molecule has 0 amide bonds. The fraction of sp³-hybridized carbons (Fsp3) is 0.750. The number of rotatable bonds is 7. The molecule has 0 fully saturated rings. The summed E-state index contributed by atoms with van der Waals surface area (Å²) in [5.74, 6) is -1.22. The molecule has 0 aromatic carbocycles. The smallest absolute Gasteiger partial charge is 0.340 e. The number of aliphatic hydroxyl groups excluding tert-OH is 1. The second kappa shape index (κ2) is 6.81. The molecule has 0 aliphatic rings. The Labute approximate surface area is 99.8 Å². The van der Waals surface area contributed by atoms with Crippen LogP contribution >= 0.6 is 15.2 Å². The van der Waals surface area contributed by atoms with Crippen LogP contribution in [0.25, 0.3) is 0 Å². The summed E-state index contributed by atoms with van der Waals surface area (Å²) in [6, 6.07) is 0. The quantitative estimate of drug-likeness (QED) is 0.407. The van der Waals surface area contributed by atoms with E-state index in [0.717, 1.165) is 0 Å². The van der Waals surface area contributed by atoms with Crippen LogP contribution in [0.3, 0.4) is 0 Å². The van der Waals surface area contributed by atoms with Crippen molar-refractivity contribution in [2.75, 3.05) is 12.5 Å². The van der Waals surface area contributed by atoms with Crippen LogP contribution in [0.4, 0.5) is 0 Å². The minimum atomic E-state index is -4.61. The van der Waals surface area contributed by atoms with Crippen LogP contribution in [0.15, 0.2) is 11.6 Å². The van der Waals surface area contributed by atoms with E-state index in [4.69, 9.17) is 9.79 Å². The van der Waals surface area contributed by atoms with E-state index in [2.05, 4.69) is 4.52 Å². The van der Waals surface area contributed by atoms with Crippen molar-refractivity contribution in [1.82, 2.24) is 0 Å². The van der Waals surface area contributed by atoms with Gasteiger partial charge in [-0.05, 0) is 18.9 Å². The van der Waals surface area contributed by atoms with Gasteiger partial charge < -0.3 is 24.3 Å². The summed E-state index contributed by atoms with van der Waals surface area (Å²) in [5.41, 5.74) is 0.396.